The van der Waals surface area contributed by atoms with Crippen LogP contribution in [0.1, 0.15) is 35.2 Å². The Morgan fingerprint density at radius 1 is 1.04 bits per heavy atom. The predicted molar refractivity (Wildman–Crippen MR) is 111 cm³/mol. The van der Waals surface area contributed by atoms with E-state index in [2.05, 4.69) is 21.8 Å². The second-order valence-corrected chi connectivity index (χ2v) is 8.96. The maximum atomic E-state index is 12.8. The number of hydrogen-bond acceptors (Lipinski definition) is 4. The second-order valence-electron chi connectivity index (χ2n) is 7.07. The molecule has 0 atom stereocenters. The molecule has 0 aromatic heterocycles. The molecule has 28 heavy (non-hydrogen) atoms. The van der Waals surface area contributed by atoms with Gasteiger partial charge in [-0.05, 0) is 62.2 Å². The van der Waals surface area contributed by atoms with Gasteiger partial charge in [0.25, 0.3) is 5.91 Å². The van der Waals surface area contributed by atoms with Crippen molar-refractivity contribution >= 4 is 21.6 Å². The Labute approximate surface area is 167 Å². The third-order valence-electron chi connectivity index (χ3n) is 5.12. The third kappa shape index (κ3) is 4.54. The minimum Gasteiger partial charge on any atom is -0.371 e. The molecule has 150 valence electrons. The van der Waals surface area contributed by atoms with Crippen molar-refractivity contribution in [1.82, 2.24) is 9.62 Å². The summed E-state index contributed by atoms with van der Waals surface area (Å²) < 4.78 is 25.9. The van der Waals surface area contributed by atoms with Crippen LogP contribution in [0.25, 0.3) is 0 Å². The molecule has 2 aromatic rings. The van der Waals surface area contributed by atoms with E-state index >= 15 is 0 Å². The van der Waals surface area contributed by atoms with E-state index in [9.17, 15) is 13.2 Å². The molecule has 0 spiro atoms. The molecule has 0 radical (unpaired) electrons. The summed E-state index contributed by atoms with van der Waals surface area (Å²) in [4.78, 5) is 17.0. The van der Waals surface area contributed by atoms with Crippen molar-refractivity contribution in [1.29, 1.82) is 0 Å². The molecule has 0 aliphatic carbocycles. The van der Waals surface area contributed by atoms with Gasteiger partial charge in [-0.1, -0.05) is 18.2 Å². The first-order valence-corrected chi connectivity index (χ1v) is 11.0. The number of hydrogen-bond donors (Lipinski definition) is 1. The number of benzene rings is 2. The van der Waals surface area contributed by atoms with E-state index in [1.54, 1.807) is 24.1 Å². The molecule has 1 amide bonds. The number of carbonyl (C=O) groups excluding carboxylic acids is 1. The van der Waals surface area contributed by atoms with Crippen LogP contribution in [0, 0.1) is 0 Å². The molecular formula is C21H27N3O3S. The fraction of sp³-hybridized carbons (Fsp3) is 0.381. The van der Waals surface area contributed by atoms with Crippen molar-refractivity contribution in [2.24, 2.45) is 0 Å². The van der Waals surface area contributed by atoms with Crippen LogP contribution in [-0.4, -0.2) is 46.4 Å². The van der Waals surface area contributed by atoms with Crippen molar-refractivity contribution < 1.29 is 13.2 Å². The Bertz CT molecular complexity index is 920. The maximum Gasteiger partial charge on any atom is 0.253 e. The van der Waals surface area contributed by atoms with Crippen LogP contribution in [0.4, 0.5) is 5.69 Å². The molecule has 7 heteroatoms. The van der Waals surface area contributed by atoms with Gasteiger partial charge in [0.1, 0.15) is 0 Å². The summed E-state index contributed by atoms with van der Waals surface area (Å²) in [6, 6.07) is 14.2. The predicted octanol–water partition coefficient (Wildman–Crippen LogP) is 2.86. The van der Waals surface area contributed by atoms with Gasteiger partial charge in [0.15, 0.2) is 0 Å². The first-order chi connectivity index (χ1) is 13.4. The van der Waals surface area contributed by atoms with Gasteiger partial charge in [0.05, 0.1) is 4.90 Å². The summed E-state index contributed by atoms with van der Waals surface area (Å²) in [7, 11) is -0.373. The highest BCUT2D eigenvalue weighted by molar-refractivity contribution is 7.89. The quantitative estimate of drug-likeness (QED) is 0.808. The lowest BCUT2D eigenvalue weighted by atomic mass is 10.1. The highest BCUT2D eigenvalue weighted by Crippen LogP contribution is 2.25. The zero-order valence-corrected chi connectivity index (χ0v) is 17.2. The number of nitrogens with zero attached hydrogens (tertiary/aromatic N) is 2. The largest absolute Gasteiger partial charge is 0.371 e. The molecule has 1 saturated heterocycles. The van der Waals surface area contributed by atoms with Crippen LogP contribution >= 0.6 is 0 Å². The Balaban J connectivity index is 1.74. The van der Waals surface area contributed by atoms with Gasteiger partial charge >= 0.3 is 0 Å². The second kappa shape index (κ2) is 8.75. The van der Waals surface area contributed by atoms with Gasteiger partial charge < -0.3 is 9.80 Å². The fourth-order valence-electron chi connectivity index (χ4n) is 3.53. The Hall–Kier alpha value is -2.38. The summed E-state index contributed by atoms with van der Waals surface area (Å²) >= 11 is 0. The van der Waals surface area contributed by atoms with Gasteiger partial charge in [0, 0.05) is 37.9 Å². The van der Waals surface area contributed by atoms with E-state index in [1.807, 2.05) is 12.1 Å². The number of carbonyl (C=O) groups is 1. The number of sulfonamides is 1. The lowest BCUT2D eigenvalue weighted by molar-refractivity contribution is 0.0785. The SMILES string of the molecule is CNS(=O)(=O)c1ccc(C(=O)N(C)Cc2ccccc2N2CCCCC2)cc1. The minimum atomic E-state index is -3.51. The Morgan fingerprint density at radius 3 is 2.32 bits per heavy atom. The third-order valence-corrected chi connectivity index (χ3v) is 6.55. The molecule has 0 saturated carbocycles. The smallest absolute Gasteiger partial charge is 0.253 e. The van der Waals surface area contributed by atoms with Crippen LogP contribution < -0.4 is 9.62 Å². The highest BCUT2D eigenvalue weighted by Gasteiger charge is 2.18. The molecule has 1 aliphatic heterocycles. The molecule has 6 nitrogen and oxygen atoms in total. The van der Waals surface area contributed by atoms with E-state index in [1.165, 1.54) is 44.1 Å². The summed E-state index contributed by atoms with van der Waals surface area (Å²) in [5.41, 5.74) is 2.78. The van der Waals surface area contributed by atoms with Crippen LogP contribution in [-0.2, 0) is 16.6 Å². The number of piperidine rings is 1. The van der Waals surface area contributed by atoms with Crippen molar-refractivity contribution in [3.63, 3.8) is 0 Å². The standard InChI is InChI=1S/C21H27N3O3S/c1-22-28(26,27)19-12-10-17(11-13-19)21(25)23(2)16-18-8-4-5-9-20(18)24-14-6-3-7-15-24/h4-5,8-13,22H,3,6-7,14-16H2,1-2H3. The van der Waals surface area contributed by atoms with Crippen molar-refractivity contribution in [2.45, 2.75) is 30.7 Å². The first kappa shape index (κ1) is 20.4. The van der Waals surface area contributed by atoms with Crippen LogP contribution in [0.5, 0.6) is 0 Å². The fourth-order valence-corrected chi connectivity index (χ4v) is 4.26. The summed E-state index contributed by atoms with van der Waals surface area (Å²) in [5, 5.41) is 0. The first-order valence-electron chi connectivity index (χ1n) is 9.54. The van der Waals surface area contributed by atoms with Crippen LogP contribution in [0.2, 0.25) is 0 Å². The van der Waals surface area contributed by atoms with Crippen LogP contribution in [0.15, 0.2) is 53.4 Å². The molecule has 2 aromatic carbocycles. The Kier molecular flexibility index (Phi) is 6.36. The van der Waals surface area contributed by atoms with Gasteiger partial charge in [-0.2, -0.15) is 0 Å². The number of nitrogens with one attached hydrogen (secondary N) is 1. The minimum absolute atomic E-state index is 0.137. The Morgan fingerprint density at radius 2 is 1.68 bits per heavy atom. The van der Waals surface area contributed by atoms with Crippen molar-refractivity contribution in [3.05, 3.63) is 59.7 Å². The van der Waals surface area contributed by atoms with E-state index in [4.69, 9.17) is 0 Å². The summed E-state index contributed by atoms with van der Waals surface area (Å²) in [6.07, 6.45) is 3.67. The molecule has 0 unspecified atom stereocenters. The normalized spacial score (nSPS) is 14.7. The molecule has 1 fully saturated rings. The van der Waals surface area contributed by atoms with Crippen molar-refractivity contribution in [3.8, 4) is 0 Å². The van der Waals surface area contributed by atoms with E-state index < -0.39 is 10.0 Å². The maximum absolute atomic E-state index is 12.8. The molecular weight excluding hydrogens is 374 g/mol. The van der Waals surface area contributed by atoms with E-state index in [-0.39, 0.29) is 10.8 Å². The number of rotatable bonds is 6. The number of anilines is 1. The molecule has 0 bridgehead atoms. The van der Waals surface area contributed by atoms with Gasteiger partial charge in [-0.25, -0.2) is 13.1 Å². The van der Waals surface area contributed by atoms with Crippen LogP contribution in [0.3, 0.4) is 0 Å². The molecule has 1 aliphatic rings. The van der Waals surface area contributed by atoms with Gasteiger partial charge in [0.2, 0.25) is 10.0 Å². The summed E-state index contributed by atoms with van der Waals surface area (Å²) in [5.74, 6) is -0.137. The zero-order chi connectivity index (χ0) is 20.1. The lowest BCUT2D eigenvalue weighted by Gasteiger charge is -2.31. The average molecular weight is 402 g/mol. The topological polar surface area (TPSA) is 69.7 Å². The van der Waals surface area contributed by atoms with Crippen molar-refractivity contribution in [2.75, 3.05) is 32.1 Å². The van der Waals surface area contributed by atoms with Gasteiger partial charge in [-0.15, -0.1) is 0 Å². The lowest BCUT2D eigenvalue weighted by Crippen LogP contribution is -2.32. The van der Waals surface area contributed by atoms with E-state index in [0.29, 0.717) is 12.1 Å². The molecule has 3 rings (SSSR count). The molecule has 1 N–H and O–H groups in total. The number of amides is 1. The van der Waals surface area contributed by atoms with E-state index in [0.717, 1.165) is 18.7 Å². The summed E-state index contributed by atoms with van der Waals surface area (Å²) in [6.45, 7) is 2.61. The zero-order valence-electron chi connectivity index (χ0n) is 16.4. The van der Waals surface area contributed by atoms with Gasteiger partial charge in [-0.3, -0.25) is 4.79 Å². The number of para-hydroxylation sites is 1. The molecule has 1 heterocycles. The monoisotopic (exact) mass is 401 g/mol. The highest BCUT2D eigenvalue weighted by atomic mass is 32.2. The average Bonchev–Trinajstić information content (AvgIpc) is 2.74.